The molecule has 0 radical (unpaired) electrons. The van der Waals surface area contributed by atoms with Crippen molar-refractivity contribution in [3.63, 3.8) is 0 Å². The third kappa shape index (κ3) is 5.67. The Labute approximate surface area is 111 Å². The quantitative estimate of drug-likeness (QED) is 0.797. The third-order valence-corrected chi connectivity index (χ3v) is 2.02. The van der Waals surface area contributed by atoms with Crippen molar-refractivity contribution in [3.8, 4) is 0 Å². The van der Waals surface area contributed by atoms with Gasteiger partial charge in [0.1, 0.15) is 0 Å². The van der Waals surface area contributed by atoms with Crippen LogP contribution in [-0.4, -0.2) is 30.6 Å². The second kappa shape index (κ2) is 7.15. The second-order valence-electron chi connectivity index (χ2n) is 4.12. The number of urea groups is 1. The molecule has 19 heavy (non-hydrogen) atoms. The molecule has 3 amide bonds. The molecule has 0 heterocycles. The third-order valence-electron chi connectivity index (χ3n) is 2.02. The highest BCUT2D eigenvalue weighted by atomic mass is 16.5. The minimum absolute atomic E-state index is 0.0836. The summed E-state index contributed by atoms with van der Waals surface area (Å²) in [5.41, 5.74) is 0.349. The van der Waals surface area contributed by atoms with Crippen molar-refractivity contribution in [2.45, 2.75) is 19.9 Å². The number of hydrogen-bond acceptors (Lipinski definition) is 4. The molecule has 0 saturated heterocycles. The fraction of sp³-hybridized carbons (Fsp3) is 0.308. The topological polar surface area (TPSA) is 84.5 Å². The lowest BCUT2D eigenvalue weighted by molar-refractivity contribution is -0.123. The molecular formula is C13H16N2O4. The molecule has 0 saturated carbocycles. The van der Waals surface area contributed by atoms with E-state index in [1.54, 1.807) is 44.2 Å². The van der Waals surface area contributed by atoms with Gasteiger partial charge in [-0.3, -0.25) is 10.1 Å². The van der Waals surface area contributed by atoms with Gasteiger partial charge in [-0.2, -0.15) is 0 Å². The number of carbonyl (C=O) groups excluding carboxylic acids is 3. The summed E-state index contributed by atoms with van der Waals surface area (Å²) in [5.74, 6) is -1.29. The number of ether oxygens (including phenoxy) is 1. The molecule has 6 heteroatoms. The highest BCUT2D eigenvalue weighted by Gasteiger charge is 2.12. The molecule has 1 aromatic rings. The second-order valence-corrected chi connectivity index (χ2v) is 4.12. The maximum Gasteiger partial charge on any atom is 0.338 e. The van der Waals surface area contributed by atoms with Crippen LogP contribution in [0.25, 0.3) is 0 Å². The molecule has 1 aromatic carbocycles. The van der Waals surface area contributed by atoms with Crippen molar-refractivity contribution in [1.29, 1.82) is 0 Å². The van der Waals surface area contributed by atoms with Crippen molar-refractivity contribution in [2.75, 3.05) is 6.61 Å². The average Bonchev–Trinajstić information content (AvgIpc) is 2.36. The van der Waals surface area contributed by atoms with E-state index in [4.69, 9.17) is 4.74 Å². The summed E-state index contributed by atoms with van der Waals surface area (Å²) < 4.78 is 4.76. The van der Waals surface area contributed by atoms with Gasteiger partial charge in [0, 0.05) is 6.04 Å². The van der Waals surface area contributed by atoms with E-state index in [-0.39, 0.29) is 6.04 Å². The number of carbonyl (C=O) groups is 3. The maximum atomic E-state index is 11.5. The van der Waals surface area contributed by atoms with Gasteiger partial charge in [0.25, 0.3) is 5.91 Å². The van der Waals surface area contributed by atoms with Crippen LogP contribution < -0.4 is 10.6 Å². The van der Waals surface area contributed by atoms with Crippen LogP contribution >= 0.6 is 0 Å². The molecule has 0 fully saturated rings. The smallest absolute Gasteiger partial charge is 0.338 e. The Morgan fingerprint density at radius 1 is 1.16 bits per heavy atom. The van der Waals surface area contributed by atoms with Gasteiger partial charge in [0.05, 0.1) is 5.56 Å². The number of rotatable bonds is 4. The first kappa shape index (κ1) is 14.7. The molecule has 0 aliphatic rings. The van der Waals surface area contributed by atoms with Gasteiger partial charge in [0.15, 0.2) is 6.61 Å². The van der Waals surface area contributed by atoms with Crippen LogP contribution in [0.15, 0.2) is 30.3 Å². The standard InChI is InChI=1S/C13H16N2O4/c1-9(2)14-13(18)15-11(16)8-19-12(17)10-6-4-3-5-7-10/h3-7,9H,8H2,1-2H3,(H2,14,15,16,18). The molecule has 0 unspecified atom stereocenters. The first-order valence-corrected chi connectivity index (χ1v) is 5.81. The Balaban J connectivity index is 2.35. The van der Waals surface area contributed by atoms with Crippen LogP contribution in [-0.2, 0) is 9.53 Å². The number of benzene rings is 1. The van der Waals surface area contributed by atoms with Crippen molar-refractivity contribution in [2.24, 2.45) is 0 Å². The molecule has 2 N–H and O–H groups in total. The van der Waals surface area contributed by atoms with E-state index in [1.165, 1.54) is 0 Å². The highest BCUT2D eigenvalue weighted by Crippen LogP contribution is 2.00. The van der Waals surface area contributed by atoms with E-state index in [0.29, 0.717) is 5.56 Å². The Kier molecular flexibility index (Phi) is 5.53. The molecule has 0 aliphatic heterocycles. The summed E-state index contributed by atoms with van der Waals surface area (Å²) in [6, 6.07) is 7.59. The van der Waals surface area contributed by atoms with Gasteiger partial charge in [-0.05, 0) is 26.0 Å². The van der Waals surface area contributed by atoms with Crippen molar-refractivity contribution in [3.05, 3.63) is 35.9 Å². The zero-order valence-corrected chi connectivity index (χ0v) is 10.8. The lowest BCUT2D eigenvalue weighted by Gasteiger charge is -2.09. The van der Waals surface area contributed by atoms with Gasteiger partial charge in [-0.25, -0.2) is 9.59 Å². The van der Waals surface area contributed by atoms with E-state index in [1.807, 2.05) is 0 Å². The van der Waals surface area contributed by atoms with E-state index in [9.17, 15) is 14.4 Å². The predicted octanol–water partition coefficient (Wildman–Crippen LogP) is 1.08. The Hall–Kier alpha value is -2.37. The van der Waals surface area contributed by atoms with E-state index in [2.05, 4.69) is 10.6 Å². The summed E-state index contributed by atoms with van der Waals surface area (Å²) in [7, 11) is 0. The minimum Gasteiger partial charge on any atom is -0.452 e. The highest BCUT2D eigenvalue weighted by molar-refractivity contribution is 5.97. The molecule has 6 nitrogen and oxygen atoms in total. The first-order chi connectivity index (χ1) is 8.99. The predicted molar refractivity (Wildman–Crippen MR) is 68.5 cm³/mol. The van der Waals surface area contributed by atoms with Crippen LogP contribution in [0.2, 0.25) is 0 Å². The summed E-state index contributed by atoms with van der Waals surface area (Å²) in [5, 5.41) is 4.53. The SMILES string of the molecule is CC(C)NC(=O)NC(=O)COC(=O)c1ccccc1. The lowest BCUT2D eigenvalue weighted by Crippen LogP contribution is -2.44. The van der Waals surface area contributed by atoms with E-state index in [0.717, 1.165) is 0 Å². The van der Waals surface area contributed by atoms with Crippen LogP contribution in [0.1, 0.15) is 24.2 Å². The lowest BCUT2D eigenvalue weighted by atomic mass is 10.2. The molecule has 0 aliphatic carbocycles. The van der Waals surface area contributed by atoms with Gasteiger partial charge < -0.3 is 10.1 Å². The largest absolute Gasteiger partial charge is 0.452 e. The molecule has 102 valence electrons. The van der Waals surface area contributed by atoms with E-state index < -0.39 is 24.5 Å². The number of esters is 1. The zero-order valence-electron chi connectivity index (χ0n) is 10.8. The van der Waals surface area contributed by atoms with Crippen molar-refractivity contribution < 1.29 is 19.1 Å². The number of nitrogens with one attached hydrogen (secondary N) is 2. The van der Waals surface area contributed by atoms with Crippen LogP contribution in [0, 0.1) is 0 Å². The average molecular weight is 264 g/mol. The van der Waals surface area contributed by atoms with Gasteiger partial charge in [-0.1, -0.05) is 18.2 Å². The molecular weight excluding hydrogens is 248 g/mol. The van der Waals surface area contributed by atoms with Crippen molar-refractivity contribution >= 4 is 17.9 Å². The molecule has 0 atom stereocenters. The summed E-state index contributed by atoms with van der Waals surface area (Å²) in [4.78, 5) is 34.0. The summed E-state index contributed by atoms with van der Waals surface area (Å²) >= 11 is 0. The van der Waals surface area contributed by atoms with Crippen molar-refractivity contribution in [1.82, 2.24) is 10.6 Å². The summed E-state index contributed by atoms with van der Waals surface area (Å²) in [6.07, 6.45) is 0. The Bertz CT molecular complexity index is 457. The Morgan fingerprint density at radius 2 is 1.79 bits per heavy atom. The van der Waals surface area contributed by atoms with Gasteiger partial charge in [0.2, 0.25) is 0 Å². The molecule has 1 rings (SSSR count). The Morgan fingerprint density at radius 3 is 2.37 bits per heavy atom. The number of amides is 3. The normalized spacial score (nSPS) is 9.84. The molecule has 0 aromatic heterocycles. The summed E-state index contributed by atoms with van der Waals surface area (Å²) in [6.45, 7) is 3.03. The fourth-order valence-electron chi connectivity index (χ4n) is 1.25. The number of hydrogen-bond donors (Lipinski definition) is 2. The minimum atomic E-state index is -0.678. The van der Waals surface area contributed by atoms with Gasteiger partial charge >= 0.3 is 12.0 Å². The molecule has 0 bridgehead atoms. The first-order valence-electron chi connectivity index (χ1n) is 5.81. The van der Waals surface area contributed by atoms with E-state index >= 15 is 0 Å². The van der Waals surface area contributed by atoms with Gasteiger partial charge in [-0.15, -0.1) is 0 Å². The number of imide groups is 1. The van der Waals surface area contributed by atoms with Crippen LogP contribution in [0.5, 0.6) is 0 Å². The van der Waals surface area contributed by atoms with Crippen LogP contribution in [0.3, 0.4) is 0 Å². The maximum absolute atomic E-state index is 11.5. The molecule has 0 spiro atoms. The fourth-order valence-corrected chi connectivity index (χ4v) is 1.25. The zero-order chi connectivity index (χ0) is 14.3. The monoisotopic (exact) mass is 264 g/mol. The van der Waals surface area contributed by atoms with Crippen LogP contribution in [0.4, 0.5) is 4.79 Å².